The smallest absolute Gasteiger partial charge is 0.234 e. The maximum absolute atomic E-state index is 12.5. The summed E-state index contributed by atoms with van der Waals surface area (Å²) in [7, 11) is 0. The Morgan fingerprint density at radius 1 is 1.32 bits per heavy atom. The lowest BCUT2D eigenvalue weighted by atomic mass is 9.60. The van der Waals surface area contributed by atoms with E-state index in [-0.39, 0.29) is 53.0 Å². The first-order valence-corrected chi connectivity index (χ1v) is 10.1. The van der Waals surface area contributed by atoms with E-state index >= 15 is 0 Å². The number of hydrogen-bond donors (Lipinski definition) is 3. The number of carbonyl (C=O) groups is 1. The van der Waals surface area contributed by atoms with Crippen LogP contribution in [0.3, 0.4) is 0 Å². The molecule has 8 unspecified atom stereocenters. The number of thioether (sulfide) groups is 1. The zero-order valence-electron chi connectivity index (χ0n) is 14.6. The van der Waals surface area contributed by atoms with Gasteiger partial charge in [-0.15, -0.1) is 11.8 Å². The quantitative estimate of drug-likeness (QED) is 0.759. The summed E-state index contributed by atoms with van der Waals surface area (Å²) >= 11 is 1.61. The van der Waals surface area contributed by atoms with Gasteiger partial charge in [-0.3, -0.25) is 4.79 Å². The van der Waals surface area contributed by atoms with Gasteiger partial charge in [0.15, 0.2) is 0 Å². The predicted octanol–water partition coefficient (Wildman–Crippen LogP) is 2.55. The number of aliphatic hydroxyl groups excluding tert-OH is 1. The first-order valence-electron chi connectivity index (χ1n) is 9.13. The molecule has 2 aliphatic heterocycles. The van der Waals surface area contributed by atoms with Crippen LogP contribution in [0.25, 0.3) is 0 Å². The van der Waals surface area contributed by atoms with Crippen molar-refractivity contribution >= 4 is 17.7 Å². The van der Waals surface area contributed by atoms with Gasteiger partial charge in [-0.2, -0.15) is 0 Å². The summed E-state index contributed by atoms with van der Waals surface area (Å²) in [6.07, 6.45) is 2.52. The second-order valence-corrected chi connectivity index (χ2v) is 8.89. The van der Waals surface area contributed by atoms with Crippen LogP contribution < -0.4 is 11.1 Å². The highest BCUT2D eigenvalue weighted by molar-refractivity contribution is 8.03. The minimum absolute atomic E-state index is 0.00520. The third-order valence-electron chi connectivity index (χ3n) is 6.20. The molecule has 0 radical (unpaired) electrons. The fourth-order valence-electron chi connectivity index (χ4n) is 4.94. The Hall–Kier alpha value is -1.30. The van der Waals surface area contributed by atoms with E-state index in [1.165, 1.54) is 0 Å². The molecule has 1 saturated heterocycles. The van der Waals surface area contributed by atoms with Gasteiger partial charge in [0.25, 0.3) is 0 Å². The fraction of sp³-hybridized carbons (Fsp3) is 0.550. The van der Waals surface area contributed by atoms with Crippen LogP contribution in [-0.2, 0) is 4.79 Å². The van der Waals surface area contributed by atoms with Crippen molar-refractivity contribution in [2.45, 2.75) is 49.6 Å². The molecule has 0 spiro atoms. The standard InChI is InChI=1S/C20H26N2O2S/c1-10-9-15(23)16(13-5-3-12(4-6-13)11(2)21)17-14-7-8-25-19(14)20(24)22-18(10)17/h3-8,10-11,14-19,23H,9,21H2,1-2H3,(H,22,24). The van der Waals surface area contributed by atoms with Crippen molar-refractivity contribution in [3.8, 4) is 0 Å². The van der Waals surface area contributed by atoms with E-state index in [0.29, 0.717) is 0 Å². The van der Waals surface area contributed by atoms with Crippen molar-refractivity contribution in [1.29, 1.82) is 0 Å². The average molecular weight is 359 g/mol. The second-order valence-electron chi connectivity index (χ2n) is 7.84. The number of amides is 1. The van der Waals surface area contributed by atoms with Gasteiger partial charge in [-0.25, -0.2) is 0 Å². The number of benzene rings is 1. The van der Waals surface area contributed by atoms with Gasteiger partial charge in [0.2, 0.25) is 5.91 Å². The van der Waals surface area contributed by atoms with Gasteiger partial charge < -0.3 is 16.2 Å². The Morgan fingerprint density at radius 2 is 2.04 bits per heavy atom. The number of rotatable bonds is 2. The normalized spacial score (nSPS) is 41.0. The SMILES string of the molecule is CC(N)c1ccc(C2C(O)CC(C)C3NC(=O)C4SC=CC4C32)cc1. The van der Waals surface area contributed by atoms with Crippen LogP contribution in [-0.4, -0.2) is 28.4 Å². The molecule has 2 heterocycles. The van der Waals surface area contributed by atoms with Crippen LogP contribution >= 0.6 is 11.8 Å². The van der Waals surface area contributed by atoms with E-state index in [1.54, 1.807) is 11.8 Å². The molecule has 4 rings (SSSR count). The van der Waals surface area contributed by atoms with Crippen LogP contribution in [0, 0.1) is 17.8 Å². The molecule has 1 aliphatic carbocycles. The molecule has 8 atom stereocenters. The lowest BCUT2D eigenvalue weighted by Crippen LogP contribution is -2.62. The summed E-state index contributed by atoms with van der Waals surface area (Å²) in [5, 5.41) is 16.2. The van der Waals surface area contributed by atoms with E-state index in [2.05, 4.69) is 48.0 Å². The van der Waals surface area contributed by atoms with E-state index in [1.807, 2.05) is 6.92 Å². The number of nitrogens with one attached hydrogen (secondary N) is 1. The van der Waals surface area contributed by atoms with Crippen molar-refractivity contribution in [3.05, 3.63) is 46.9 Å². The summed E-state index contributed by atoms with van der Waals surface area (Å²) in [5.74, 6) is 0.895. The molecule has 3 aliphatic rings. The van der Waals surface area contributed by atoms with Gasteiger partial charge in [0.05, 0.1) is 11.4 Å². The molecule has 1 saturated carbocycles. The van der Waals surface area contributed by atoms with Crippen molar-refractivity contribution in [2.75, 3.05) is 0 Å². The van der Waals surface area contributed by atoms with Gasteiger partial charge in [-0.05, 0) is 41.7 Å². The minimum Gasteiger partial charge on any atom is -0.392 e. The average Bonchev–Trinajstić information content (AvgIpc) is 3.07. The summed E-state index contributed by atoms with van der Waals surface area (Å²) < 4.78 is 0. The van der Waals surface area contributed by atoms with Crippen molar-refractivity contribution in [2.24, 2.45) is 23.5 Å². The van der Waals surface area contributed by atoms with Crippen molar-refractivity contribution < 1.29 is 9.90 Å². The molecule has 134 valence electrons. The number of fused-ring (bicyclic) bond motifs is 3. The molecule has 25 heavy (non-hydrogen) atoms. The Morgan fingerprint density at radius 3 is 2.72 bits per heavy atom. The van der Waals surface area contributed by atoms with Crippen LogP contribution in [0.4, 0.5) is 0 Å². The zero-order chi connectivity index (χ0) is 17.7. The third-order valence-corrected chi connectivity index (χ3v) is 7.34. The maximum Gasteiger partial charge on any atom is 0.234 e. The van der Waals surface area contributed by atoms with Gasteiger partial charge >= 0.3 is 0 Å². The summed E-state index contributed by atoms with van der Waals surface area (Å²) in [4.78, 5) is 12.5. The maximum atomic E-state index is 12.5. The molecule has 2 fully saturated rings. The van der Waals surface area contributed by atoms with Gasteiger partial charge in [-0.1, -0.05) is 37.3 Å². The third kappa shape index (κ3) is 2.82. The minimum atomic E-state index is -0.382. The molecule has 4 nitrogen and oxygen atoms in total. The zero-order valence-corrected chi connectivity index (χ0v) is 15.4. The van der Waals surface area contributed by atoms with E-state index in [9.17, 15) is 9.90 Å². The second kappa shape index (κ2) is 6.45. The Balaban J connectivity index is 1.72. The molecular weight excluding hydrogens is 332 g/mol. The molecule has 0 aromatic heterocycles. The topological polar surface area (TPSA) is 75.3 Å². The van der Waals surface area contributed by atoms with Crippen LogP contribution in [0.15, 0.2) is 35.7 Å². The molecule has 1 aromatic carbocycles. The highest BCUT2D eigenvalue weighted by Gasteiger charge is 2.53. The lowest BCUT2D eigenvalue weighted by Gasteiger charge is -2.51. The molecule has 4 N–H and O–H groups in total. The summed E-state index contributed by atoms with van der Waals surface area (Å²) in [6, 6.07) is 8.48. The molecule has 0 bridgehead atoms. The number of piperidine rings is 1. The molecule has 1 amide bonds. The van der Waals surface area contributed by atoms with Crippen molar-refractivity contribution in [3.63, 3.8) is 0 Å². The van der Waals surface area contributed by atoms with Crippen molar-refractivity contribution in [1.82, 2.24) is 5.32 Å². The number of hydrogen-bond acceptors (Lipinski definition) is 4. The summed E-state index contributed by atoms with van der Waals surface area (Å²) in [5.41, 5.74) is 8.22. The van der Waals surface area contributed by atoms with Gasteiger partial charge in [0.1, 0.15) is 0 Å². The van der Waals surface area contributed by atoms with Crippen LogP contribution in [0.1, 0.15) is 43.4 Å². The number of aliphatic hydroxyl groups is 1. The highest BCUT2D eigenvalue weighted by atomic mass is 32.2. The molecule has 5 heteroatoms. The van der Waals surface area contributed by atoms with Crippen LogP contribution in [0.5, 0.6) is 0 Å². The Kier molecular flexibility index (Phi) is 4.42. The first kappa shape index (κ1) is 17.1. The monoisotopic (exact) mass is 358 g/mol. The Labute approximate surface area is 153 Å². The number of allylic oxidation sites excluding steroid dienone is 1. The lowest BCUT2D eigenvalue weighted by molar-refractivity contribution is -0.128. The number of carbonyl (C=O) groups excluding carboxylic acids is 1. The Bertz CT molecular complexity index is 687. The van der Waals surface area contributed by atoms with Gasteiger partial charge in [0, 0.05) is 23.9 Å². The predicted molar refractivity (Wildman–Crippen MR) is 101 cm³/mol. The first-order chi connectivity index (χ1) is 12.0. The number of nitrogens with two attached hydrogens (primary N) is 1. The van der Waals surface area contributed by atoms with E-state index in [0.717, 1.165) is 17.5 Å². The summed E-state index contributed by atoms with van der Waals surface area (Å²) in [6.45, 7) is 4.12. The molecule has 1 aromatic rings. The van der Waals surface area contributed by atoms with E-state index in [4.69, 9.17) is 5.73 Å². The highest BCUT2D eigenvalue weighted by Crippen LogP contribution is 2.51. The van der Waals surface area contributed by atoms with E-state index < -0.39 is 0 Å². The fourth-order valence-corrected chi connectivity index (χ4v) is 6.03. The molecular formula is C20H26N2O2S. The van der Waals surface area contributed by atoms with Crippen LogP contribution in [0.2, 0.25) is 0 Å². The largest absolute Gasteiger partial charge is 0.392 e.